The molecule has 0 spiro atoms. The van der Waals surface area contributed by atoms with Gasteiger partial charge in [-0.2, -0.15) is 4.31 Å². The van der Waals surface area contributed by atoms with Crippen LogP contribution in [0.25, 0.3) is 0 Å². The highest BCUT2D eigenvalue weighted by atomic mass is 32.2. The molecule has 3 rings (SSSR count). The lowest BCUT2D eigenvalue weighted by molar-refractivity contribution is -0.123. The molecule has 0 aromatic heterocycles. The molecule has 1 unspecified atom stereocenters. The number of hydrogen-bond donors (Lipinski definition) is 1. The standard InChI is InChI=1S/C22H27FN2O4S/c1-17-5-11-21(12-6-17)30(27,28)25-15-3-2-4-19(25)13-14-24-22(26)16-29-20-9-7-18(23)8-10-20/h5-12,19H,2-4,13-16H2,1H3,(H,24,26). The van der Waals surface area contributed by atoms with E-state index in [2.05, 4.69) is 5.32 Å². The van der Waals surface area contributed by atoms with Crippen molar-refractivity contribution in [2.24, 2.45) is 0 Å². The van der Waals surface area contributed by atoms with Crippen LogP contribution in [0.4, 0.5) is 4.39 Å². The molecule has 1 aliphatic heterocycles. The summed E-state index contributed by atoms with van der Waals surface area (Å²) >= 11 is 0. The average molecular weight is 435 g/mol. The Bertz CT molecular complexity index is 946. The van der Waals surface area contributed by atoms with Crippen LogP contribution in [0.15, 0.2) is 53.4 Å². The topological polar surface area (TPSA) is 75.7 Å². The zero-order valence-corrected chi connectivity index (χ0v) is 17.8. The maximum Gasteiger partial charge on any atom is 0.257 e. The van der Waals surface area contributed by atoms with E-state index >= 15 is 0 Å². The molecule has 2 aromatic rings. The Morgan fingerprint density at radius 3 is 2.53 bits per heavy atom. The van der Waals surface area contributed by atoms with Crippen molar-refractivity contribution in [2.75, 3.05) is 19.7 Å². The second-order valence-electron chi connectivity index (χ2n) is 7.46. The molecule has 8 heteroatoms. The number of rotatable bonds is 8. The fourth-order valence-corrected chi connectivity index (χ4v) is 5.26. The van der Waals surface area contributed by atoms with Crippen molar-refractivity contribution in [2.45, 2.75) is 43.5 Å². The Kier molecular flexibility index (Phi) is 7.44. The number of piperidine rings is 1. The Labute approximate surface area is 177 Å². The summed E-state index contributed by atoms with van der Waals surface area (Å²) in [7, 11) is -3.56. The predicted molar refractivity (Wildman–Crippen MR) is 112 cm³/mol. The number of nitrogens with one attached hydrogen (secondary N) is 1. The number of aryl methyl sites for hydroxylation is 1. The van der Waals surface area contributed by atoms with Crippen molar-refractivity contribution >= 4 is 15.9 Å². The molecule has 0 bridgehead atoms. The maximum absolute atomic E-state index is 13.1. The molecule has 30 heavy (non-hydrogen) atoms. The van der Waals surface area contributed by atoms with Gasteiger partial charge in [-0.05, 0) is 62.6 Å². The normalized spacial score (nSPS) is 17.5. The summed E-state index contributed by atoms with van der Waals surface area (Å²) in [4.78, 5) is 12.3. The van der Waals surface area contributed by atoms with Gasteiger partial charge in [0, 0.05) is 19.1 Å². The van der Waals surface area contributed by atoms with Gasteiger partial charge in [-0.25, -0.2) is 12.8 Å². The van der Waals surface area contributed by atoms with Crippen molar-refractivity contribution in [1.82, 2.24) is 9.62 Å². The first kappa shape index (κ1) is 22.2. The minimum Gasteiger partial charge on any atom is -0.484 e. The van der Waals surface area contributed by atoms with Gasteiger partial charge in [-0.1, -0.05) is 24.1 Å². The van der Waals surface area contributed by atoms with Gasteiger partial charge in [0.25, 0.3) is 5.91 Å². The van der Waals surface area contributed by atoms with Gasteiger partial charge < -0.3 is 10.1 Å². The third kappa shape index (κ3) is 5.79. The van der Waals surface area contributed by atoms with Gasteiger partial charge in [0.2, 0.25) is 10.0 Å². The largest absolute Gasteiger partial charge is 0.484 e. The molecule has 0 saturated carbocycles. The summed E-state index contributed by atoms with van der Waals surface area (Å²) in [5, 5.41) is 2.77. The quantitative estimate of drug-likeness (QED) is 0.692. The minimum absolute atomic E-state index is 0.150. The third-order valence-corrected chi connectivity index (χ3v) is 7.15. The zero-order valence-electron chi connectivity index (χ0n) is 17.0. The van der Waals surface area contributed by atoms with Crippen LogP contribution >= 0.6 is 0 Å². The number of sulfonamides is 1. The van der Waals surface area contributed by atoms with Crippen LogP contribution in [-0.2, 0) is 14.8 Å². The minimum atomic E-state index is -3.56. The number of hydrogen-bond acceptors (Lipinski definition) is 4. The van der Waals surface area contributed by atoms with E-state index in [9.17, 15) is 17.6 Å². The van der Waals surface area contributed by atoms with Gasteiger partial charge in [-0.3, -0.25) is 4.79 Å². The lowest BCUT2D eigenvalue weighted by Crippen LogP contribution is -2.45. The van der Waals surface area contributed by atoms with Crippen LogP contribution in [0.2, 0.25) is 0 Å². The van der Waals surface area contributed by atoms with E-state index < -0.39 is 10.0 Å². The monoisotopic (exact) mass is 434 g/mol. The predicted octanol–water partition coefficient (Wildman–Crippen LogP) is 3.26. The number of amides is 1. The molecule has 0 aliphatic carbocycles. The second-order valence-corrected chi connectivity index (χ2v) is 9.35. The molecule has 1 amide bonds. The van der Waals surface area contributed by atoms with E-state index in [-0.39, 0.29) is 24.4 Å². The van der Waals surface area contributed by atoms with E-state index in [1.807, 2.05) is 6.92 Å². The van der Waals surface area contributed by atoms with E-state index in [1.165, 1.54) is 24.3 Å². The van der Waals surface area contributed by atoms with E-state index in [0.29, 0.717) is 30.2 Å². The van der Waals surface area contributed by atoms with Gasteiger partial charge >= 0.3 is 0 Å². The van der Waals surface area contributed by atoms with Crippen LogP contribution < -0.4 is 10.1 Å². The number of ether oxygens (including phenoxy) is 1. The fourth-order valence-electron chi connectivity index (χ4n) is 3.53. The van der Waals surface area contributed by atoms with Crippen LogP contribution in [0, 0.1) is 12.7 Å². The molecular weight excluding hydrogens is 407 g/mol. The number of carbonyl (C=O) groups is 1. The van der Waals surface area contributed by atoms with Crippen LogP contribution in [0.5, 0.6) is 5.75 Å². The molecule has 0 radical (unpaired) electrons. The summed E-state index contributed by atoms with van der Waals surface area (Å²) < 4.78 is 45.9. The second kappa shape index (κ2) is 10.0. The summed E-state index contributed by atoms with van der Waals surface area (Å²) in [6.07, 6.45) is 3.10. The Morgan fingerprint density at radius 1 is 1.13 bits per heavy atom. The molecule has 1 fully saturated rings. The first-order chi connectivity index (χ1) is 14.4. The number of halogens is 1. The molecule has 1 aliphatic rings. The third-order valence-electron chi connectivity index (χ3n) is 5.18. The highest BCUT2D eigenvalue weighted by molar-refractivity contribution is 7.89. The summed E-state index contributed by atoms with van der Waals surface area (Å²) in [6, 6.07) is 12.2. The van der Waals surface area contributed by atoms with E-state index in [0.717, 1.165) is 24.8 Å². The molecule has 162 valence electrons. The molecular formula is C22H27FN2O4S. The lowest BCUT2D eigenvalue weighted by atomic mass is 10.0. The van der Waals surface area contributed by atoms with Crippen molar-refractivity contribution in [3.63, 3.8) is 0 Å². The Morgan fingerprint density at radius 2 is 1.83 bits per heavy atom. The van der Waals surface area contributed by atoms with E-state index in [1.54, 1.807) is 28.6 Å². The van der Waals surface area contributed by atoms with Gasteiger partial charge in [-0.15, -0.1) is 0 Å². The lowest BCUT2D eigenvalue weighted by Gasteiger charge is -2.34. The molecule has 2 aromatic carbocycles. The SMILES string of the molecule is Cc1ccc(S(=O)(=O)N2CCCCC2CCNC(=O)COc2ccc(F)cc2)cc1. The first-order valence-electron chi connectivity index (χ1n) is 10.1. The van der Waals surface area contributed by atoms with Crippen molar-refractivity contribution in [3.8, 4) is 5.75 Å². The molecule has 1 atom stereocenters. The van der Waals surface area contributed by atoms with Crippen LogP contribution in [-0.4, -0.2) is 44.4 Å². The number of benzene rings is 2. The fraction of sp³-hybridized carbons (Fsp3) is 0.409. The molecule has 1 heterocycles. The summed E-state index contributed by atoms with van der Waals surface area (Å²) in [5.74, 6) is -0.262. The van der Waals surface area contributed by atoms with Gasteiger partial charge in [0.15, 0.2) is 6.61 Å². The molecule has 1 N–H and O–H groups in total. The first-order valence-corrected chi connectivity index (χ1v) is 11.5. The molecule has 1 saturated heterocycles. The van der Waals surface area contributed by atoms with Crippen LogP contribution in [0.3, 0.4) is 0 Å². The van der Waals surface area contributed by atoms with Gasteiger partial charge in [0.1, 0.15) is 11.6 Å². The van der Waals surface area contributed by atoms with E-state index in [4.69, 9.17) is 4.74 Å². The summed E-state index contributed by atoms with van der Waals surface area (Å²) in [5.41, 5.74) is 1.01. The van der Waals surface area contributed by atoms with Crippen molar-refractivity contribution < 1.29 is 22.3 Å². The number of carbonyl (C=O) groups excluding carboxylic acids is 1. The zero-order chi connectivity index (χ0) is 21.6. The Hall–Kier alpha value is -2.45. The van der Waals surface area contributed by atoms with Crippen LogP contribution in [0.1, 0.15) is 31.2 Å². The maximum atomic E-state index is 13.1. The highest BCUT2D eigenvalue weighted by Crippen LogP contribution is 2.27. The summed E-state index contributed by atoms with van der Waals surface area (Å²) in [6.45, 7) is 2.59. The molecule has 6 nitrogen and oxygen atoms in total. The van der Waals surface area contributed by atoms with Gasteiger partial charge in [0.05, 0.1) is 4.90 Å². The van der Waals surface area contributed by atoms with Crippen molar-refractivity contribution in [1.29, 1.82) is 0 Å². The number of nitrogens with zero attached hydrogens (tertiary/aromatic N) is 1. The van der Waals surface area contributed by atoms with Crippen molar-refractivity contribution in [3.05, 3.63) is 59.9 Å². The highest BCUT2D eigenvalue weighted by Gasteiger charge is 2.33. The smallest absolute Gasteiger partial charge is 0.257 e. The average Bonchev–Trinajstić information content (AvgIpc) is 2.74. The Balaban J connectivity index is 1.52.